The molecule has 0 aliphatic heterocycles. The summed E-state index contributed by atoms with van der Waals surface area (Å²) in [6.07, 6.45) is 18.0. The van der Waals surface area contributed by atoms with Crippen LogP contribution in [0.4, 0.5) is 0 Å². The zero-order valence-electron chi connectivity index (χ0n) is 15.6. The Bertz CT molecular complexity index is 479. The van der Waals surface area contributed by atoms with Gasteiger partial charge in [0, 0.05) is 6.20 Å². The van der Waals surface area contributed by atoms with Crippen molar-refractivity contribution in [3.63, 3.8) is 0 Å². The van der Waals surface area contributed by atoms with Crippen molar-refractivity contribution >= 4 is 0 Å². The molecular formula is C20H35N3. The maximum absolute atomic E-state index is 4.29. The third-order valence-corrected chi connectivity index (χ3v) is 4.09. The normalized spacial score (nSPS) is 11.7. The number of aryl methyl sites for hydroxylation is 1. The van der Waals surface area contributed by atoms with Crippen LogP contribution >= 0.6 is 0 Å². The number of hydrogen-bond donors (Lipinski definition) is 0. The largest absolute Gasteiger partial charge is 0.248 e. The molecule has 1 heterocycles. The topological polar surface area (TPSA) is 30.7 Å². The van der Waals surface area contributed by atoms with Gasteiger partial charge in [0.05, 0.1) is 12.2 Å². The van der Waals surface area contributed by atoms with Crippen molar-refractivity contribution in [2.45, 2.75) is 92.0 Å². The standard InChI is InChI=1S/C20H35N3/c1-5-6-7-8-9-10-14-20-17-23(22-21-20)16-15-19(4)13-11-12-18(2)3/h12,15,17H,5-11,13-14,16H2,1-4H3/b19-15+. The number of rotatable bonds is 12. The second-order valence-corrected chi connectivity index (χ2v) is 6.82. The van der Waals surface area contributed by atoms with E-state index < -0.39 is 0 Å². The van der Waals surface area contributed by atoms with E-state index in [0.29, 0.717) is 0 Å². The first kappa shape index (κ1) is 19.7. The van der Waals surface area contributed by atoms with E-state index in [2.05, 4.69) is 56.4 Å². The van der Waals surface area contributed by atoms with Crippen LogP contribution in [-0.2, 0) is 13.0 Å². The predicted octanol–water partition coefficient (Wildman–Crippen LogP) is 5.87. The van der Waals surface area contributed by atoms with E-state index in [1.54, 1.807) is 0 Å². The molecule has 130 valence electrons. The van der Waals surface area contributed by atoms with Gasteiger partial charge in [0.15, 0.2) is 0 Å². The van der Waals surface area contributed by atoms with E-state index in [0.717, 1.165) is 31.5 Å². The fraction of sp³-hybridized carbons (Fsp3) is 0.700. The van der Waals surface area contributed by atoms with E-state index in [1.165, 1.54) is 49.7 Å². The Hall–Kier alpha value is -1.38. The Morgan fingerprint density at radius 2 is 1.78 bits per heavy atom. The van der Waals surface area contributed by atoms with Gasteiger partial charge < -0.3 is 0 Å². The summed E-state index contributed by atoms with van der Waals surface area (Å²) >= 11 is 0. The number of unbranched alkanes of at least 4 members (excludes halogenated alkanes) is 5. The Labute approximate surface area is 142 Å². The van der Waals surface area contributed by atoms with E-state index >= 15 is 0 Å². The lowest BCUT2D eigenvalue weighted by Crippen LogP contribution is -1.96. The minimum absolute atomic E-state index is 0.837. The molecule has 0 aliphatic carbocycles. The second-order valence-electron chi connectivity index (χ2n) is 6.82. The molecule has 0 unspecified atom stereocenters. The molecule has 0 radical (unpaired) electrons. The summed E-state index contributed by atoms with van der Waals surface area (Å²) in [5, 5.41) is 8.52. The molecule has 3 nitrogen and oxygen atoms in total. The fourth-order valence-electron chi connectivity index (χ4n) is 2.57. The summed E-state index contributed by atoms with van der Waals surface area (Å²) in [4.78, 5) is 0. The van der Waals surface area contributed by atoms with Gasteiger partial charge in [-0.2, -0.15) is 0 Å². The van der Waals surface area contributed by atoms with Crippen molar-refractivity contribution in [2.75, 3.05) is 0 Å². The number of nitrogens with zero attached hydrogens (tertiary/aromatic N) is 3. The number of allylic oxidation sites excluding steroid dienone is 4. The number of aromatic nitrogens is 3. The van der Waals surface area contributed by atoms with Crippen LogP contribution in [0, 0.1) is 0 Å². The van der Waals surface area contributed by atoms with Crippen molar-refractivity contribution in [2.24, 2.45) is 0 Å². The zero-order valence-corrected chi connectivity index (χ0v) is 15.6. The van der Waals surface area contributed by atoms with Crippen molar-refractivity contribution in [3.8, 4) is 0 Å². The first-order valence-corrected chi connectivity index (χ1v) is 9.29. The first-order chi connectivity index (χ1) is 11.1. The Morgan fingerprint density at radius 1 is 1.04 bits per heavy atom. The monoisotopic (exact) mass is 317 g/mol. The Morgan fingerprint density at radius 3 is 2.52 bits per heavy atom. The molecule has 0 aliphatic rings. The summed E-state index contributed by atoms with van der Waals surface area (Å²) < 4.78 is 1.96. The third kappa shape index (κ3) is 10.1. The lowest BCUT2D eigenvalue weighted by Gasteiger charge is -2.00. The van der Waals surface area contributed by atoms with Crippen LogP contribution < -0.4 is 0 Å². The molecule has 1 rings (SSSR count). The highest BCUT2D eigenvalue weighted by Crippen LogP contribution is 2.09. The van der Waals surface area contributed by atoms with Crippen LogP contribution in [0.15, 0.2) is 29.5 Å². The van der Waals surface area contributed by atoms with Crippen LogP contribution in [0.25, 0.3) is 0 Å². The van der Waals surface area contributed by atoms with E-state index in [1.807, 2.05) is 4.68 Å². The molecule has 23 heavy (non-hydrogen) atoms. The lowest BCUT2D eigenvalue weighted by molar-refractivity contribution is 0.604. The predicted molar refractivity (Wildman–Crippen MR) is 99.5 cm³/mol. The van der Waals surface area contributed by atoms with Crippen LogP contribution in [0.2, 0.25) is 0 Å². The molecule has 0 saturated carbocycles. The summed E-state index contributed by atoms with van der Waals surface area (Å²) in [7, 11) is 0. The molecule has 3 heteroatoms. The molecule has 0 atom stereocenters. The average Bonchev–Trinajstić information content (AvgIpc) is 2.96. The van der Waals surface area contributed by atoms with E-state index in [4.69, 9.17) is 0 Å². The highest BCUT2D eigenvalue weighted by molar-refractivity contribution is 5.02. The molecule has 1 aromatic rings. The molecule has 1 aromatic heterocycles. The van der Waals surface area contributed by atoms with E-state index in [9.17, 15) is 0 Å². The lowest BCUT2D eigenvalue weighted by atomic mass is 10.1. The molecule has 0 amide bonds. The molecule has 0 spiro atoms. The van der Waals surface area contributed by atoms with Gasteiger partial charge in [-0.05, 0) is 46.5 Å². The minimum Gasteiger partial charge on any atom is -0.248 e. The first-order valence-electron chi connectivity index (χ1n) is 9.29. The van der Waals surface area contributed by atoms with Crippen LogP contribution in [0.5, 0.6) is 0 Å². The van der Waals surface area contributed by atoms with Crippen LogP contribution in [0.3, 0.4) is 0 Å². The Kier molecular flexibility index (Phi) is 10.3. The van der Waals surface area contributed by atoms with Gasteiger partial charge in [0.1, 0.15) is 0 Å². The second kappa shape index (κ2) is 12.1. The van der Waals surface area contributed by atoms with Crippen LogP contribution in [0.1, 0.15) is 84.8 Å². The van der Waals surface area contributed by atoms with Gasteiger partial charge in [-0.15, -0.1) is 5.10 Å². The molecule has 0 bridgehead atoms. The summed E-state index contributed by atoms with van der Waals surface area (Å²) in [5.41, 5.74) is 3.96. The number of hydrogen-bond acceptors (Lipinski definition) is 2. The van der Waals surface area contributed by atoms with Crippen molar-refractivity contribution in [3.05, 3.63) is 35.2 Å². The van der Waals surface area contributed by atoms with Gasteiger partial charge >= 0.3 is 0 Å². The molecule has 0 fully saturated rings. The summed E-state index contributed by atoms with van der Waals surface area (Å²) in [5.74, 6) is 0. The van der Waals surface area contributed by atoms with Gasteiger partial charge in [-0.25, -0.2) is 4.68 Å². The van der Waals surface area contributed by atoms with E-state index in [-0.39, 0.29) is 0 Å². The van der Waals surface area contributed by atoms with Gasteiger partial charge in [0.25, 0.3) is 0 Å². The smallest absolute Gasteiger partial charge is 0.0827 e. The summed E-state index contributed by atoms with van der Waals surface area (Å²) in [6.45, 7) is 9.60. The fourth-order valence-corrected chi connectivity index (χ4v) is 2.57. The van der Waals surface area contributed by atoms with Crippen molar-refractivity contribution < 1.29 is 0 Å². The van der Waals surface area contributed by atoms with Gasteiger partial charge in [-0.1, -0.05) is 67.5 Å². The highest BCUT2D eigenvalue weighted by atomic mass is 15.4. The molecule has 0 aromatic carbocycles. The molecule has 0 N–H and O–H groups in total. The molecular weight excluding hydrogens is 282 g/mol. The van der Waals surface area contributed by atoms with Gasteiger partial charge in [0.2, 0.25) is 0 Å². The maximum Gasteiger partial charge on any atom is 0.0827 e. The molecule has 0 saturated heterocycles. The average molecular weight is 318 g/mol. The van der Waals surface area contributed by atoms with Crippen LogP contribution in [-0.4, -0.2) is 15.0 Å². The maximum atomic E-state index is 4.29. The third-order valence-electron chi connectivity index (χ3n) is 4.09. The van der Waals surface area contributed by atoms with Crippen molar-refractivity contribution in [1.82, 2.24) is 15.0 Å². The van der Waals surface area contributed by atoms with Crippen molar-refractivity contribution in [1.29, 1.82) is 0 Å². The zero-order chi connectivity index (χ0) is 16.9. The quantitative estimate of drug-likeness (QED) is 0.356. The Balaban J connectivity index is 2.23. The van der Waals surface area contributed by atoms with Gasteiger partial charge in [-0.3, -0.25) is 0 Å². The highest BCUT2D eigenvalue weighted by Gasteiger charge is 2.00. The SMILES string of the molecule is CCCCCCCCc1cn(C/C=C(\C)CCC=C(C)C)nn1. The minimum atomic E-state index is 0.837. The summed E-state index contributed by atoms with van der Waals surface area (Å²) in [6, 6.07) is 0.